The van der Waals surface area contributed by atoms with Crippen molar-refractivity contribution in [2.45, 2.75) is 25.6 Å². The molecule has 1 saturated heterocycles. The Balaban J connectivity index is 1.92. The summed E-state index contributed by atoms with van der Waals surface area (Å²) in [6, 6.07) is 5.75. The molecule has 1 aromatic carbocycles. The fraction of sp³-hybridized carbons (Fsp3) is 0.385. The third-order valence-corrected chi connectivity index (χ3v) is 2.79. The average molecular weight is 265 g/mol. The molecule has 2 rings (SSSR count). The van der Waals surface area contributed by atoms with Gasteiger partial charge in [0.1, 0.15) is 0 Å². The summed E-state index contributed by atoms with van der Waals surface area (Å²) >= 11 is 0. The van der Waals surface area contributed by atoms with Gasteiger partial charge in [-0.2, -0.15) is 0 Å². The van der Waals surface area contributed by atoms with Crippen molar-refractivity contribution in [2.24, 2.45) is 0 Å². The van der Waals surface area contributed by atoms with E-state index in [2.05, 4.69) is 5.48 Å². The second kappa shape index (κ2) is 6.31. The van der Waals surface area contributed by atoms with E-state index in [-0.39, 0.29) is 11.1 Å². The molecule has 1 aromatic rings. The van der Waals surface area contributed by atoms with Crippen LogP contribution in [0.15, 0.2) is 24.3 Å². The summed E-state index contributed by atoms with van der Waals surface area (Å²) < 4.78 is 5.30. The third kappa shape index (κ3) is 3.77. The van der Waals surface area contributed by atoms with Crippen LogP contribution in [0.4, 0.5) is 0 Å². The Bertz CT molecular complexity index is 468. The number of carbonyl (C=O) groups is 2. The zero-order valence-electron chi connectivity index (χ0n) is 10.3. The summed E-state index contributed by atoms with van der Waals surface area (Å²) in [5.74, 6) is -1.57. The van der Waals surface area contributed by atoms with Crippen molar-refractivity contribution >= 4 is 11.9 Å². The third-order valence-electron chi connectivity index (χ3n) is 2.79. The monoisotopic (exact) mass is 265 g/mol. The highest BCUT2D eigenvalue weighted by Crippen LogP contribution is 2.13. The molecule has 1 aliphatic heterocycles. The first-order valence-corrected chi connectivity index (χ1v) is 6.08. The van der Waals surface area contributed by atoms with Gasteiger partial charge in [0.2, 0.25) is 0 Å². The van der Waals surface area contributed by atoms with Gasteiger partial charge in [-0.25, -0.2) is 15.1 Å². The van der Waals surface area contributed by atoms with E-state index >= 15 is 0 Å². The number of carbonyl (C=O) groups excluding carboxylic acids is 1. The summed E-state index contributed by atoms with van der Waals surface area (Å²) in [5, 5.41) is 8.84. The van der Waals surface area contributed by atoms with E-state index in [1.807, 2.05) is 0 Å². The second-order valence-electron chi connectivity index (χ2n) is 4.23. The van der Waals surface area contributed by atoms with Crippen LogP contribution in [0.3, 0.4) is 0 Å². The molecule has 0 spiro atoms. The Labute approximate surface area is 110 Å². The molecular weight excluding hydrogens is 250 g/mol. The van der Waals surface area contributed by atoms with E-state index < -0.39 is 18.2 Å². The first-order valence-electron chi connectivity index (χ1n) is 6.08. The molecule has 1 unspecified atom stereocenters. The number of hydrogen-bond donors (Lipinski definition) is 2. The molecule has 0 saturated carbocycles. The van der Waals surface area contributed by atoms with Crippen LogP contribution in [-0.4, -0.2) is 29.9 Å². The van der Waals surface area contributed by atoms with Crippen LogP contribution in [0, 0.1) is 0 Å². The molecule has 1 fully saturated rings. The number of hydrogen-bond acceptors (Lipinski definition) is 4. The quantitative estimate of drug-likeness (QED) is 0.807. The molecule has 6 heteroatoms. The average Bonchev–Trinajstić information content (AvgIpc) is 2.46. The van der Waals surface area contributed by atoms with E-state index in [0.717, 1.165) is 19.3 Å². The van der Waals surface area contributed by atoms with Crippen LogP contribution in [0.1, 0.15) is 40.0 Å². The van der Waals surface area contributed by atoms with Crippen molar-refractivity contribution in [3.05, 3.63) is 35.4 Å². The first kappa shape index (κ1) is 13.5. The largest absolute Gasteiger partial charge is 0.478 e. The molecule has 0 bridgehead atoms. The van der Waals surface area contributed by atoms with Gasteiger partial charge in [-0.3, -0.25) is 4.79 Å². The number of rotatable bonds is 4. The molecule has 6 nitrogen and oxygen atoms in total. The van der Waals surface area contributed by atoms with E-state index in [4.69, 9.17) is 14.7 Å². The van der Waals surface area contributed by atoms with Crippen LogP contribution in [-0.2, 0) is 9.57 Å². The highest BCUT2D eigenvalue weighted by Gasteiger charge is 2.16. The minimum atomic E-state index is -1.08. The predicted octanol–water partition coefficient (Wildman–Crippen LogP) is 1.57. The minimum absolute atomic E-state index is 0.0570. The Hall–Kier alpha value is -1.92. The van der Waals surface area contributed by atoms with Gasteiger partial charge < -0.3 is 9.84 Å². The Morgan fingerprint density at radius 1 is 1.32 bits per heavy atom. The van der Waals surface area contributed by atoms with Crippen LogP contribution >= 0.6 is 0 Å². The lowest BCUT2D eigenvalue weighted by Gasteiger charge is -2.22. The summed E-state index contributed by atoms with van der Waals surface area (Å²) in [6.45, 7) is 0.620. The number of amides is 1. The van der Waals surface area contributed by atoms with Gasteiger partial charge in [0, 0.05) is 18.6 Å². The molecule has 102 valence electrons. The van der Waals surface area contributed by atoms with Gasteiger partial charge in [-0.05, 0) is 31.0 Å². The van der Waals surface area contributed by atoms with E-state index in [9.17, 15) is 9.59 Å². The molecule has 1 amide bonds. The second-order valence-corrected chi connectivity index (χ2v) is 4.23. The van der Waals surface area contributed by atoms with Crippen LogP contribution in [0.2, 0.25) is 0 Å². The van der Waals surface area contributed by atoms with E-state index in [1.165, 1.54) is 24.3 Å². The van der Waals surface area contributed by atoms with Gasteiger partial charge in [-0.15, -0.1) is 0 Å². The van der Waals surface area contributed by atoms with Crippen molar-refractivity contribution in [3.8, 4) is 0 Å². The van der Waals surface area contributed by atoms with Gasteiger partial charge in [-0.1, -0.05) is 6.07 Å². The number of hydroxylamine groups is 1. The smallest absolute Gasteiger partial charge is 0.335 e. The fourth-order valence-corrected chi connectivity index (χ4v) is 1.78. The highest BCUT2D eigenvalue weighted by atomic mass is 16.8. The zero-order chi connectivity index (χ0) is 13.7. The molecule has 1 aliphatic rings. The maximum atomic E-state index is 11.8. The number of carboxylic acids is 1. The van der Waals surface area contributed by atoms with Crippen LogP contribution in [0.5, 0.6) is 0 Å². The summed E-state index contributed by atoms with van der Waals surface area (Å²) in [4.78, 5) is 27.7. The number of aromatic carboxylic acids is 1. The maximum Gasteiger partial charge on any atom is 0.335 e. The predicted molar refractivity (Wildman–Crippen MR) is 65.5 cm³/mol. The standard InChI is InChI=1S/C13H15NO5/c15-12(14-19-11-6-1-2-7-18-11)9-4-3-5-10(8-9)13(16)17/h3-5,8,11H,1-2,6-7H2,(H,14,15)(H,16,17). The minimum Gasteiger partial charge on any atom is -0.478 e. The molecule has 0 radical (unpaired) electrons. The maximum absolute atomic E-state index is 11.8. The van der Waals surface area contributed by atoms with Crippen LogP contribution in [0.25, 0.3) is 0 Å². The highest BCUT2D eigenvalue weighted by molar-refractivity contribution is 5.96. The number of nitrogens with one attached hydrogen (secondary N) is 1. The molecule has 0 aromatic heterocycles. The Kier molecular flexibility index (Phi) is 4.48. The zero-order valence-corrected chi connectivity index (χ0v) is 10.3. The summed E-state index contributed by atoms with van der Waals surface area (Å²) in [5.41, 5.74) is 2.57. The fourth-order valence-electron chi connectivity index (χ4n) is 1.78. The van der Waals surface area contributed by atoms with E-state index in [0.29, 0.717) is 6.61 Å². The number of benzene rings is 1. The van der Waals surface area contributed by atoms with Gasteiger partial charge in [0.15, 0.2) is 6.29 Å². The summed E-state index contributed by atoms with van der Waals surface area (Å²) in [6.07, 6.45) is 2.29. The molecule has 19 heavy (non-hydrogen) atoms. The van der Waals surface area contributed by atoms with Crippen molar-refractivity contribution in [3.63, 3.8) is 0 Å². The topological polar surface area (TPSA) is 84.9 Å². The molecule has 1 atom stereocenters. The normalized spacial score (nSPS) is 18.8. The number of ether oxygens (including phenoxy) is 1. The van der Waals surface area contributed by atoms with Gasteiger partial charge in [0.05, 0.1) is 5.56 Å². The lowest BCUT2D eigenvalue weighted by atomic mass is 10.1. The van der Waals surface area contributed by atoms with Gasteiger partial charge >= 0.3 is 5.97 Å². The van der Waals surface area contributed by atoms with E-state index in [1.54, 1.807) is 0 Å². The number of carboxylic acid groups (broad SMARTS) is 1. The van der Waals surface area contributed by atoms with Crippen molar-refractivity contribution < 1.29 is 24.3 Å². The lowest BCUT2D eigenvalue weighted by Crippen LogP contribution is -2.33. The first-order chi connectivity index (χ1) is 9.16. The lowest BCUT2D eigenvalue weighted by molar-refractivity contribution is -0.186. The van der Waals surface area contributed by atoms with Crippen molar-refractivity contribution in [1.29, 1.82) is 0 Å². The van der Waals surface area contributed by atoms with Crippen LogP contribution < -0.4 is 5.48 Å². The molecule has 2 N–H and O–H groups in total. The van der Waals surface area contributed by atoms with Gasteiger partial charge in [0.25, 0.3) is 5.91 Å². The Morgan fingerprint density at radius 2 is 2.11 bits per heavy atom. The molecular formula is C13H15NO5. The SMILES string of the molecule is O=C(O)c1cccc(C(=O)NOC2CCCCO2)c1. The Morgan fingerprint density at radius 3 is 2.79 bits per heavy atom. The summed E-state index contributed by atoms with van der Waals surface area (Å²) in [7, 11) is 0. The van der Waals surface area contributed by atoms with Crippen molar-refractivity contribution in [1.82, 2.24) is 5.48 Å². The molecule has 0 aliphatic carbocycles. The van der Waals surface area contributed by atoms with Crippen molar-refractivity contribution in [2.75, 3.05) is 6.61 Å². The molecule has 1 heterocycles.